The van der Waals surface area contributed by atoms with Crippen LogP contribution in [0.5, 0.6) is 5.75 Å². The third kappa shape index (κ3) is 6.39. The lowest BCUT2D eigenvalue weighted by molar-refractivity contribution is -0.147. The molecular weight excluding hydrogens is 334 g/mol. The quantitative estimate of drug-likeness (QED) is 0.581. The number of aryl methyl sites for hydroxylation is 1. The average molecular weight is 355 g/mol. The van der Waals surface area contributed by atoms with E-state index < -0.39 is 11.9 Å². The predicted octanol–water partition coefficient (Wildman–Crippen LogP) is 3.15. The Morgan fingerprint density at radius 1 is 1.04 bits per heavy atom. The van der Waals surface area contributed by atoms with E-state index in [0.717, 1.165) is 5.56 Å². The number of ether oxygens (including phenoxy) is 2. The van der Waals surface area contributed by atoms with E-state index in [1.165, 1.54) is 6.92 Å². The average Bonchev–Trinajstić information content (AvgIpc) is 2.60. The van der Waals surface area contributed by atoms with Crippen molar-refractivity contribution in [1.82, 2.24) is 0 Å². The van der Waals surface area contributed by atoms with Gasteiger partial charge in [0.25, 0.3) is 5.91 Å². The van der Waals surface area contributed by atoms with E-state index in [1.54, 1.807) is 24.3 Å². The molecule has 0 atom stereocenters. The largest absolute Gasteiger partial charge is 0.493 e. The highest BCUT2D eigenvalue weighted by atomic mass is 16.5. The molecule has 0 radical (unpaired) electrons. The van der Waals surface area contributed by atoms with Crippen LogP contribution in [0, 0.1) is 6.92 Å². The Morgan fingerprint density at radius 3 is 2.42 bits per heavy atom. The molecule has 0 heterocycles. The fourth-order valence-corrected chi connectivity index (χ4v) is 2.16. The maximum Gasteiger partial charge on any atom is 0.309 e. The molecule has 6 nitrogen and oxygen atoms in total. The molecule has 0 aliphatic heterocycles. The molecule has 0 saturated heterocycles. The number of carbonyl (C=O) groups excluding carboxylic acids is 3. The fraction of sp³-hybridized carbons (Fsp3) is 0.250. The van der Waals surface area contributed by atoms with Crippen molar-refractivity contribution < 1.29 is 23.9 Å². The second kappa shape index (κ2) is 9.36. The highest BCUT2D eigenvalue weighted by Gasteiger charge is 2.09. The SMILES string of the molecule is CC(=O)c1ccc(NC(=O)COC(=O)CCOc2cccc(C)c2)cc1. The molecular formula is C20H21NO5. The Hall–Kier alpha value is -3.15. The molecule has 0 unspecified atom stereocenters. The van der Waals surface area contributed by atoms with Gasteiger partial charge in [-0.15, -0.1) is 0 Å². The van der Waals surface area contributed by atoms with Crippen molar-refractivity contribution in [2.45, 2.75) is 20.3 Å². The lowest BCUT2D eigenvalue weighted by Gasteiger charge is -2.08. The summed E-state index contributed by atoms with van der Waals surface area (Å²) in [7, 11) is 0. The smallest absolute Gasteiger partial charge is 0.309 e. The van der Waals surface area contributed by atoms with Crippen molar-refractivity contribution in [3.63, 3.8) is 0 Å². The van der Waals surface area contributed by atoms with Gasteiger partial charge in [0.15, 0.2) is 12.4 Å². The number of benzene rings is 2. The van der Waals surface area contributed by atoms with Gasteiger partial charge in [-0.2, -0.15) is 0 Å². The first kappa shape index (κ1) is 19.2. The summed E-state index contributed by atoms with van der Waals surface area (Å²) in [6.45, 7) is 3.22. The Morgan fingerprint density at radius 2 is 1.77 bits per heavy atom. The molecule has 26 heavy (non-hydrogen) atoms. The van der Waals surface area contributed by atoms with Crippen LogP contribution in [0.1, 0.15) is 29.3 Å². The summed E-state index contributed by atoms with van der Waals surface area (Å²) in [6.07, 6.45) is 0.0501. The van der Waals surface area contributed by atoms with Gasteiger partial charge in [-0.3, -0.25) is 14.4 Å². The van der Waals surface area contributed by atoms with Gasteiger partial charge in [0.05, 0.1) is 13.0 Å². The van der Waals surface area contributed by atoms with Crippen molar-refractivity contribution in [2.75, 3.05) is 18.5 Å². The van der Waals surface area contributed by atoms with Crippen LogP contribution >= 0.6 is 0 Å². The molecule has 2 aromatic carbocycles. The summed E-state index contributed by atoms with van der Waals surface area (Å²) >= 11 is 0. The van der Waals surface area contributed by atoms with Gasteiger partial charge in [0, 0.05) is 11.3 Å². The van der Waals surface area contributed by atoms with E-state index in [1.807, 2.05) is 31.2 Å². The van der Waals surface area contributed by atoms with Crippen LogP contribution in [-0.4, -0.2) is 30.9 Å². The van der Waals surface area contributed by atoms with E-state index in [9.17, 15) is 14.4 Å². The second-order valence-corrected chi connectivity index (χ2v) is 5.76. The number of hydrogen-bond donors (Lipinski definition) is 1. The van der Waals surface area contributed by atoms with E-state index in [2.05, 4.69) is 5.32 Å². The maximum atomic E-state index is 11.8. The first-order valence-electron chi connectivity index (χ1n) is 8.20. The van der Waals surface area contributed by atoms with E-state index in [0.29, 0.717) is 17.0 Å². The van der Waals surface area contributed by atoms with Crippen LogP contribution in [0.4, 0.5) is 5.69 Å². The molecule has 0 aliphatic carbocycles. The molecule has 136 valence electrons. The molecule has 0 bridgehead atoms. The van der Waals surface area contributed by atoms with Crippen LogP contribution in [-0.2, 0) is 14.3 Å². The normalized spacial score (nSPS) is 10.1. The first-order valence-corrected chi connectivity index (χ1v) is 8.20. The van der Waals surface area contributed by atoms with E-state index in [4.69, 9.17) is 9.47 Å². The van der Waals surface area contributed by atoms with Crippen LogP contribution in [0.3, 0.4) is 0 Å². The number of rotatable bonds is 8. The molecule has 1 amide bonds. The Balaban J connectivity index is 1.68. The summed E-state index contributed by atoms with van der Waals surface area (Å²) in [4.78, 5) is 34.6. The number of nitrogens with one attached hydrogen (secondary N) is 1. The number of esters is 1. The summed E-state index contributed by atoms with van der Waals surface area (Å²) in [5.41, 5.74) is 2.15. The number of ketones is 1. The van der Waals surface area contributed by atoms with Crippen molar-refractivity contribution in [2.24, 2.45) is 0 Å². The zero-order valence-electron chi connectivity index (χ0n) is 14.8. The lowest BCUT2D eigenvalue weighted by atomic mass is 10.1. The molecule has 0 aliphatic rings. The zero-order valence-corrected chi connectivity index (χ0v) is 14.8. The number of carbonyl (C=O) groups is 3. The van der Waals surface area contributed by atoms with Gasteiger partial charge < -0.3 is 14.8 Å². The number of Topliss-reactive ketones (excluding diaryl/α,β-unsaturated/α-hetero) is 1. The third-order valence-corrected chi connectivity index (χ3v) is 3.50. The second-order valence-electron chi connectivity index (χ2n) is 5.76. The maximum absolute atomic E-state index is 11.8. The van der Waals surface area contributed by atoms with Gasteiger partial charge >= 0.3 is 5.97 Å². The highest BCUT2D eigenvalue weighted by Crippen LogP contribution is 2.12. The molecule has 2 rings (SSSR count). The van der Waals surface area contributed by atoms with Gasteiger partial charge in [-0.25, -0.2) is 0 Å². The molecule has 0 fully saturated rings. The minimum absolute atomic E-state index is 0.0501. The summed E-state index contributed by atoms with van der Waals surface area (Å²) in [6, 6.07) is 14.0. The molecule has 0 spiro atoms. The Labute approximate surface area is 152 Å². The van der Waals surface area contributed by atoms with Gasteiger partial charge in [-0.05, 0) is 55.8 Å². The van der Waals surface area contributed by atoms with E-state index in [-0.39, 0.29) is 25.4 Å². The fourth-order valence-electron chi connectivity index (χ4n) is 2.16. The number of hydrogen-bond acceptors (Lipinski definition) is 5. The number of anilines is 1. The molecule has 0 saturated carbocycles. The van der Waals surface area contributed by atoms with Crippen LogP contribution in [0.25, 0.3) is 0 Å². The molecule has 6 heteroatoms. The zero-order chi connectivity index (χ0) is 18.9. The standard InChI is InChI=1S/C20H21NO5/c1-14-4-3-5-18(12-14)25-11-10-20(24)26-13-19(23)21-17-8-6-16(7-9-17)15(2)22/h3-9,12H,10-11,13H2,1-2H3,(H,21,23). The number of amides is 1. The Bertz CT molecular complexity index is 783. The van der Waals surface area contributed by atoms with Gasteiger partial charge in [-0.1, -0.05) is 12.1 Å². The molecule has 0 aromatic heterocycles. The molecule has 2 aromatic rings. The van der Waals surface area contributed by atoms with Crippen LogP contribution in [0.15, 0.2) is 48.5 Å². The summed E-state index contributed by atoms with van der Waals surface area (Å²) in [5.74, 6) is -0.331. The summed E-state index contributed by atoms with van der Waals surface area (Å²) < 4.78 is 10.4. The van der Waals surface area contributed by atoms with Crippen molar-refractivity contribution in [1.29, 1.82) is 0 Å². The van der Waals surface area contributed by atoms with Crippen molar-refractivity contribution in [3.8, 4) is 5.75 Å². The predicted molar refractivity (Wildman–Crippen MR) is 97.3 cm³/mol. The lowest BCUT2D eigenvalue weighted by Crippen LogP contribution is -2.21. The third-order valence-electron chi connectivity index (χ3n) is 3.50. The Kier molecular flexibility index (Phi) is 6.91. The van der Waals surface area contributed by atoms with E-state index >= 15 is 0 Å². The topological polar surface area (TPSA) is 81.7 Å². The highest BCUT2D eigenvalue weighted by molar-refractivity contribution is 5.96. The van der Waals surface area contributed by atoms with Crippen LogP contribution < -0.4 is 10.1 Å². The van der Waals surface area contributed by atoms with Crippen molar-refractivity contribution >= 4 is 23.3 Å². The monoisotopic (exact) mass is 355 g/mol. The minimum atomic E-state index is -0.514. The summed E-state index contributed by atoms with van der Waals surface area (Å²) in [5, 5.41) is 2.59. The molecule has 1 N–H and O–H groups in total. The van der Waals surface area contributed by atoms with Crippen LogP contribution in [0.2, 0.25) is 0 Å². The van der Waals surface area contributed by atoms with Crippen molar-refractivity contribution in [3.05, 3.63) is 59.7 Å². The first-order chi connectivity index (χ1) is 12.4. The minimum Gasteiger partial charge on any atom is -0.493 e. The van der Waals surface area contributed by atoms with Gasteiger partial charge in [0.1, 0.15) is 5.75 Å². The van der Waals surface area contributed by atoms with Gasteiger partial charge in [0.2, 0.25) is 0 Å².